The number of ether oxygens (including phenoxy) is 1. The first kappa shape index (κ1) is 16.8. The van der Waals surface area contributed by atoms with E-state index in [4.69, 9.17) is 15.7 Å². The van der Waals surface area contributed by atoms with Gasteiger partial charge in [-0.2, -0.15) is 5.26 Å². The van der Waals surface area contributed by atoms with Crippen LogP contribution in [0.25, 0.3) is 28.2 Å². The minimum atomic E-state index is -0.762. The number of aromatic nitrogens is 3. The van der Waals surface area contributed by atoms with Gasteiger partial charge in [-0.3, -0.25) is 4.79 Å². The Hall–Kier alpha value is -3.66. The van der Waals surface area contributed by atoms with E-state index in [2.05, 4.69) is 15.0 Å². The zero-order chi connectivity index (χ0) is 18.8. The first-order valence-corrected chi connectivity index (χ1v) is 8.62. The van der Waals surface area contributed by atoms with E-state index in [1.807, 2.05) is 24.3 Å². The molecule has 1 fully saturated rings. The Kier molecular flexibility index (Phi) is 4.30. The number of H-pyrrole nitrogens is 1. The smallest absolute Gasteiger partial charge is 0.259 e. The van der Waals surface area contributed by atoms with Crippen LogP contribution in [0.1, 0.15) is 18.4 Å². The summed E-state index contributed by atoms with van der Waals surface area (Å²) in [7, 11) is 0. The third kappa shape index (κ3) is 3.65. The zero-order valence-corrected chi connectivity index (χ0v) is 14.5. The second-order valence-corrected chi connectivity index (χ2v) is 6.54. The molecular formula is C20H17N5O2. The molecule has 3 aromatic heterocycles. The summed E-state index contributed by atoms with van der Waals surface area (Å²) < 4.78 is 5.66. The summed E-state index contributed by atoms with van der Waals surface area (Å²) in [6, 6.07) is 7.53. The number of aromatic amines is 1. The molecule has 1 saturated carbocycles. The number of pyridine rings is 2. The molecule has 0 radical (unpaired) electrons. The van der Waals surface area contributed by atoms with Crippen molar-refractivity contribution in [3.05, 3.63) is 47.9 Å². The number of primary amides is 1. The van der Waals surface area contributed by atoms with Gasteiger partial charge in [0.05, 0.1) is 6.61 Å². The number of nitrogens with zero attached hydrogens (tertiary/aromatic N) is 3. The lowest BCUT2D eigenvalue weighted by Crippen LogP contribution is -2.12. The summed E-state index contributed by atoms with van der Waals surface area (Å²) in [6.07, 6.45) is 9.11. The molecule has 4 rings (SSSR count). The van der Waals surface area contributed by atoms with Crippen molar-refractivity contribution in [2.45, 2.75) is 12.8 Å². The fourth-order valence-electron chi connectivity index (χ4n) is 2.74. The molecule has 0 bridgehead atoms. The van der Waals surface area contributed by atoms with E-state index in [-0.39, 0.29) is 5.57 Å². The van der Waals surface area contributed by atoms with Gasteiger partial charge in [-0.15, -0.1) is 0 Å². The number of carbonyl (C=O) groups is 1. The fourth-order valence-corrected chi connectivity index (χ4v) is 2.74. The summed E-state index contributed by atoms with van der Waals surface area (Å²) in [6.45, 7) is 0.722. The predicted octanol–water partition coefficient (Wildman–Crippen LogP) is 2.81. The second-order valence-electron chi connectivity index (χ2n) is 6.54. The average molecular weight is 359 g/mol. The molecule has 3 heterocycles. The first-order chi connectivity index (χ1) is 13.1. The molecule has 7 heteroatoms. The molecule has 134 valence electrons. The van der Waals surface area contributed by atoms with Crippen molar-refractivity contribution < 1.29 is 9.53 Å². The number of hydrogen-bond acceptors (Lipinski definition) is 5. The summed E-state index contributed by atoms with van der Waals surface area (Å²) in [4.78, 5) is 23.1. The lowest BCUT2D eigenvalue weighted by atomic mass is 10.1. The Morgan fingerprint density at radius 2 is 2.15 bits per heavy atom. The average Bonchev–Trinajstić information content (AvgIpc) is 3.44. The SMILES string of the molecule is N#C/C(=C\c1c[nH]c2ncc(-c3ccc(OCC4CC4)nc3)cc12)C(N)=O. The van der Waals surface area contributed by atoms with Gasteiger partial charge in [-0.25, -0.2) is 9.97 Å². The minimum Gasteiger partial charge on any atom is -0.477 e. The molecule has 0 aromatic carbocycles. The highest BCUT2D eigenvalue weighted by atomic mass is 16.5. The number of rotatable bonds is 6. The Morgan fingerprint density at radius 3 is 2.81 bits per heavy atom. The van der Waals surface area contributed by atoms with Gasteiger partial charge in [0.25, 0.3) is 5.91 Å². The summed E-state index contributed by atoms with van der Waals surface area (Å²) in [5.74, 6) is 0.531. The van der Waals surface area contributed by atoms with Crippen LogP contribution in [0, 0.1) is 17.2 Å². The predicted molar refractivity (Wildman–Crippen MR) is 100 cm³/mol. The van der Waals surface area contributed by atoms with Crippen molar-refractivity contribution in [2.75, 3.05) is 6.61 Å². The minimum absolute atomic E-state index is 0.111. The molecule has 0 spiro atoms. The second kappa shape index (κ2) is 6.92. The molecule has 1 aliphatic carbocycles. The maximum Gasteiger partial charge on any atom is 0.259 e. The van der Waals surface area contributed by atoms with Crippen LogP contribution >= 0.6 is 0 Å². The maximum absolute atomic E-state index is 11.3. The molecule has 3 N–H and O–H groups in total. The normalized spacial score (nSPS) is 14.1. The van der Waals surface area contributed by atoms with E-state index in [1.54, 1.807) is 18.6 Å². The number of carbonyl (C=O) groups excluding carboxylic acids is 1. The summed E-state index contributed by atoms with van der Waals surface area (Å²) in [5, 5.41) is 9.83. The number of hydrogen-bond donors (Lipinski definition) is 2. The van der Waals surface area contributed by atoms with Crippen LogP contribution in [-0.2, 0) is 4.79 Å². The lowest BCUT2D eigenvalue weighted by Gasteiger charge is -2.06. The van der Waals surface area contributed by atoms with E-state index < -0.39 is 5.91 Å². The Morgan fingerprint density at radius 1 is 1.33 bits per heavy atom. The molecule has 0 unspecified atom stereocenters. The Bertz CT molecular complexity index is 1070. The van der Waals surface area contributed by atoms with Crippen molar-refractivity contribution >= 4 is 23.0 Å². The van der Waals surface area contributed by atoms with Crippen LogP contribution < -0.4 is 10.5 Å². The number of nitrogens with one attached hydrogen (secondary N) is 1. The highest BCUT2D eigenvalue weighted by Gasteiger charge is 2.22. The van der Waals surface area contributed by atoms with E-state index >= 15 is 0 Å². The van der Waals surface area contributed by atoms with Crippen molar-refractivity contribution in [3.8, 4) is 23.1 Å². The van der Waals surface area contributed by atoms with Crippen molar-refractivity contribution in [1.29, 1.82) is 5.26 Å². The standard InChI is InChI=1S/C20H17N5O2/c21-7-14(19(22)26)5-16-10-25-20-17(16)6-15(9-24-20)13-3-4-18(23-8-13)27-11-12-1-2-12/h3-6,8-10,12H,1-2,11H2,(H2,22,26)(H,24,25)/b14-5+. The monoisotopic (exact) mass is 359 g/mol. The molecular weight excluding hydrogens is 342 g/mol. The molecule has 3 aromatic rings. The molecule has 0 saturated heterocycles. The lowest BCUT2D eigenvalue weighted by molar-refractivity contribution is -0.114. The first-order valence-electron chi connectivity index (χ1n) is 8.62. The van der Waals surface area contributed by atoms with Crippen LogP contribution in [0.15, 0.2) is 42.4 Å². The van der Waals surface area contributed by atoms with Crippen LogP contribution in [0.5, 0.6) is 5.88 Å². The molecule has 7 nitrogen and oxygen atoms in total. The molecule has 27 heavy (non-hydrogen) atoms. The van der Waals surface area contributed by atoms with E-state index in [0.717, 1.165) is 23.1 Å². The van der Waals surface area contributed by atoms with Crippen LogP contribution in [0.4, 0.5) is 0 Å². The number of nitriles is 1. The largest absolute Gasteiger partial charge is 0.477 e. The van der Waals surface area contributed by atoms with E-state index in [1.165, 1.54) is 18.9 Å². The molecule has 0 atom stereocenters. The zero-order valence-electron chi connectivity index (χ0n) is 14.5. The van der Waals surface area contributed by atoms with Gasteiger partial charge in [-0.1, -0.05) is 0 Å². The fraction of sp³-hybridized carbons (Fsp3) is 0.200. The van der Waals surface area contributed by atoms with Gasteiger partial charge in [0.15, 0.2) is 0 Å². The number of fused-ring (bicyclic) bond motifs is 1. The van der Waals surface area contributed by atoms with Gasteiger partial charge >= 0.3 is 0 Å². The third-order valence-corrected chi connectivity index (χ3v) is 4.48. The Balaban J connectivity index is 1.63. The van der Waals surface area contributed by atoms with Gasteiger partial charge in [0.1, 0.15) is 17.3 Å². The van der Waals surface area contributed by atoms with Crippen LogP contribution in [-0.4, -0.2) is 27.5 Å². The van der Waals surface area contributed by atoms with Gasteiger partial charge in [0, 0.05) is 46.7 Å². The van der Waals surface area contributed by atoms with Crippen molar-refractivity contribution in [2.24, 2.45) is 11.7 Å². The highest BCUT2D eigenvalue weighted by Crippen LogP contribution is 2.30. The molecule has 0 aliphatic heterocycles. The molecule has 1 amide bonds. The summed E-state index contributed by atoms with van der Waals surface area (Å²) >= 11 is 0. The third-order valence-electron chi connectivity index (χ3n) is 4.48. The summed E-state index contributed by atoms with van der Waals surface area (Å²) in [5.41, 5.74) is 8.20. The van der Waals surface area contributed by atoms with Crippen molar-refractivity contribution in [1.82, 2.24) is 15.0 Å². The number of amides is 1. The highest BCUT2D eigenvalue weighted by molar-refractivity contribution is 6.03. The van der Waals surface area contributed by atoms with Crippen LogP contribution in [0.2, 0.25) is 0 Å². The van der Waals surface area contributed by atoms with Crippen molar-refractivity contribution in [3.63, 3.8) is 0 Å². The van der Waals surface area contributed by atoms with Gasteiger partial charge < -0.3 is 15.5 Å². The quantitative estimate of drug-likeness (QED) is 0.518. The van der Waals surface area contributed by atoms with Gasteiger partial charge in [0.2, 0.25) is 5.88 Å². The van der Waals surface area contributed by atoms with E-state index in [9.17, 15) is 4.79 Å². The van der Waals surface area contributed by atoms with Gasteiger partial charge in [-0.05, 0) is 37.0 Å². The topological polar surface area (TPSA) is 118 Å². The van der Waals surface area contributed by atoms with Crippen LogP contribution in [0.3, 0.4) is 0 Å². The Labute approximate surface area is 155 Å². The maximum atomic E-state index is 11.3. The van der Waals surface area contributed by atoms with E-state index in [0.29, 0.717) is 23.0 Å². The number of nitrogens with two attached hydrogens (primary N) is 1. The molecule has 1 aliphatic rings.